The number of carbonyl (C=O) groups is 1. The molecule has 0 aliphatic heterocycles. The Morgan fingerprint density at radius 2 is 2.05 bits per heavy atom. The molecule has 1 aromatic carbocycles. The summed E-state index contributed by atoms with van der Waals surface area (Å²) < 4.78 is 44.7. The number of esters is 1. The number of alkyl halides is 3. The van der Waals surface area contributed by atoms with Crippen LogP contribution in [-0.4, -0.2) is 29.8 Å². The van der Waals surface area contributed by atoms with Crippen molar-refractivity contribution in [1.29, 1.82) is 0 Å². The van der Waals surface area contributed by atoms with Gasteiger partial charge in [0.25, 0.3) is 0 Å². The molecule has 1 heterocycles. The summed E-state index contributed by atoms with van der Waals surface area (Å²) >= 11 is 0. The maximum atomic E-state index is 13.4. The zero-order valence-corrected chi connectivity index (χ0v) is 11.3. The molecule has 2 aromatic rings. The van der Waals surface area contributed by atoms with Gasteiger partial charge in [-0.1, -0.05) is 18.2 Å². The maximum Gasteiger partial charge on any atom is 0.397 e. The van der Waals surface area contributed by atoms with Crippen LogP contribution in [0.5, 0.6) is 0 Å². The molecule has 0 aliphatic rings. The highest BCUT2D eigenvalue weighted by molar-refractivity contribution is 5.85. The van der Waals surface area contributed by atoms with E-state index < -0.39 is 24.1 Å². The number of aromatic nitrogens is 1. The number of para-hydroxylation sites is 1. The number of rotatable bonds is 4. The molecule has 1 aromatic heterocycles. The highest BCUT2D eigenvalue weighted by Crippen LogP contribution is 2.40. The van der Waals surface area contributed by atoms with Crippen LogP contribution in [0.3, 0.4) is 0 Å². The van der Waals surface area contributed by atoms with E-state index in [0.29, 0.717) is 10.9 Å². The number of carbonyl (C=O) groups excluding carboxylic acids is 1. The van der Waals surface area contributed by atoms with Gasteiger partial charge in [0, 0.05) is 17.1 Å². The van der Waals surface area contributed by atoms with E-state index in [2.05, 4.69) is 9.72 Å². The number of fused-ring (bicyclic) bond motifs is 1. The van der Waals surface area contributed by atoms with Gasteiger partial charge in [0.15, 0.2) is 0 Å². The molecule has 21 heavy (non-hydrogen) atoms. The van der Waals surface area contributed by atoms with E-state index in [9.17, 15) is 18.0 Å². The Hall–Kier alpha value is -2.02. The fourth-order valence-electron chi connectivity index (χ4n) is 2.30. The summed E-state index contributed by atoms with van der Waals surface area (Å²) in [6, 6.07) is 4.74. The topological polar surface area (TPSA) is 68.1 Å². The molecule has 2 unspecified atom stereocenters. The summed E-state index contributed by atoms with van der Waals surface area (Å²) in [4.78, 5) is 14.4. The van der Waals surface area contributed by atoms with E-state index in [4.69, 9.17) is 5.73 Å². The molecular formula is C14H15F3N2O2. The number of aromatic amines is 1. The Morgan fingerprint density at radius 1 is 1.38 bits per heavy atom. The molecule has 4 nitrogen and oxygen atoms in total. The van der Waals surface area contributed by atoms with Gasteiger partial charge in [0.1, 0.15) is 12.0 Å². The number of hydrogen-bond donors (Lipinski definition) is 2. The number of halogens is 3. The fourth-order valence-corrected chi connectivity index (χ4v) is 2.30. The number of nitrogens with one attached hydrogen (secondary N) is 1. The summed E-state index contributed by atoms with van der Waals surface area (Å²) in [6.45, 7) is 1.49. The van der Waals surface area contributed by atoms with E-state index >= 15 is 0 Å². The Kier molecular flexibility index (Phi) is 4.22. The first-order valence-corrected chi connectivity index (χ1v) is 6.41. The lowest BCUT2D eigenvalue weighted by atomic mass is 9.91. The van der Waals surface area contributed by atoms with Crippen LogP contribution in [0.2, 0.25) is 0 Å². The van der Waals surface area contributed by atoms with E-state index in [1.165, 1.54) is 13.1 Å². The number of benzene rings is 1. The second-order valence-electron chi connectivity index (χ2n) is 4.59. The van der Waals surface area contributed by atoms with Crippen molar-refractivity contribution in [1.82, 2.24) is 4.98 Å². The Balaban J connectivity index is 2.48. The minimum absolute atomic E-state index is 0.0228. The van der Waals surface area contributed by atoms with Gasteiger partial charge in [-0.15, -0.1) is 0 Å². The standard InChI is InChI=1S/C14H15F3N2O2/c1-2-21-13(20)12(18)11(14(15,16)17)9-7-19-10-6-4-3-5-8(9)10/h3-7,11-12,19H,2,18H2,1H3. The molecule has 2 atom stereocenters. The minimum atomic E-state index is -4.66. The largest absolute Gasteiger partial charge is 0.465 e. The minimum Gasteiger partial charge on any atom is -0.465 e. The lowest BCUT2D eigenvalue weighted by Crippen LogP contribution is -2.44. The van der Waals surface area contributed by atoms with E-state index in [1.54, 1.807) is 24.3 Å². The van der Waals surface area contributed by atoms with Crippen LogP contribution in [0.15, 0.2) is 30.5 Å². The molecule has 0 bridgehead atoms. The van der Waals surface area contributed by atoms with Crippen molar-refractivity contribution in [3.05, 3.63) is 36.0 Å². The smallest absolute Gasteiger partial charge is 0.397 e. The SMILES string of the molecule is CCOC(=O)C(N)C(c1c[nH]c2ccccc12)C(F)(F)F. The van der Waals surface area contributed by atoms with Crippen molar-refractivity contribution in [3.63, 3.8) is 0 Å². The van der Waals surface area contributed by atoms with Gasteiger partial charge >= 0.3 is 12.1 Å². The normalized spacial score (nSPS) is 14.9. The van der Waals surface area contributed by atoms with Gasteiger partial charge in [0.2, 0.25) is 0 Å². The Bertz CT molecular complexity index is 636. The van der Waals surface area contributed by atoms with Gasteiger partial charge in [-0.2, -0.15) is 13.2 Å². The lowest BCUT2D eigenvalue weighted by Gasteiger charge is -2.24. The van der Waals surface area contributed by atoms with Gasteiger partial charge in [-0.05, 0) is 18.6 Å². The molecule has 0 aliphatic carbocycles. The molecule has 0 saturated heterocycles. The predicted molar refractivity (Wildman–Crippen MR) is 71.7 cm³/mol. The van der Waals surface area contributed by atoms with E-state index in [1.807, 2.05) is 0 Å². The van der Waals surface area contributed by atoms with Crippen LogP contribution < -0.4 is 5.73 Å². The highest BCUT2D eigenvalue weighted by atomic mass is 19.4. The second-order valence-corrected chi connectivity index (χ2v) is 4.59. The van der Waals surface area contributed by atoms with Crippen molar-refractivity contribution in [2.45, 2.75) is 25.1 Å². The molecule has 114 valence electrons. The first-order chi connectivity index (χ1) is 9.86. The summed E-state index contributed by atoms with van der Waals surface area (Å²) in [5.41, 5.74) is 6.00. The molecule has 0 fully saturated rings. The predicted octanol–water partition coefficient (Wildman–Crippen LogP) is 2.70. The lowest BCUT2D eigenvalue weighted by molar-refractivity contribution is -0.169. The zero-order valence-electron chi connectivity index (χ0n) is 11.3. The second kappa shape index (κ2) is 5.77. The molecule has 3 N–H and O–H groups in total. The van der Waals surface area contributed by atoms with Crippen LogP contribution in [0.25, 0.3) is 10.9 Å². The molecule has 0 amide bonds. The fraction of sp³-hybridized carbons (Fsp3) is 0.357. The van der Waals surface area contributed by atoms with E-state index in [0.717, 1.165) is 0 Å². The molecule has 0 saturated carbocycles. The number of H-pyrrole nitrogens is 1. The number of nitrogens with two attached hydrogens (primary N) is 1. The zero-order chi connectivity index (χ0) is 15.6. The maximum absolute atomic E-state index is 13.4. The summed E-state index contributed by atoms with van der Waals surface area (Å²) in [5, 5.41) is 0.388. The summed E-state index contributed by atoms with van der Waals surface area (Å²) in [6.07, 6.45) is -3.42. The number of ether oxygens (including phenoxy) is 1. The molecular weight excluding hydrogens is 285 g/mol. The van der Waals surface area contributed by atoms with Crippen LogP contribution in [-0.2, 0) is 9.53 Å². The Morgan fingerprint density at radius 3 is 2.67 bits per heavy atom. The number of hydrogen-bond acceptors (Lipinski definition) is 3. The quantitative estimate of drug-likeness (QED) is 0.853. The van der Waals surface area contributed by atoms with Crippen LogP contribution in [0.1, 0.15) is 18.4 Å². The monoisotopic (exact) mass is 300 g/mol. The summed E-state index contributed by atoms with van der Waals surface area (Å²) in [5.74, 6) is -3.18. The molecule has 2 rings (SSSR count). The van der Waals surface area contributed by atoms with Crippen molar-refractivity contribution in [2.24, 2.45) is 5.73 Å². The van der Waals surface area contributed by atoms with Gasteiger partial charge in [-0.3, -0.25) is 4.79 Å². The van der Waals surface area contributed by atoms with Crippen molar-refractivity contribution in [3.8, 4) is 0 Å². The summed E-state index contributed by atoms with van der Waals surface area (Å²) in [7, 11) is 0. The third-order valence-corrected chi connectivity index (χ3v) is 3.23. The highest BCUT2D eigenvalue weighted by Gasteiger charge is 2.48. The van der Waals surface area contributed by atoms with E-state index in [-0.39, 0.29) is 12.2 Å². The van der Waals surface area contributed by atoms with Crippen molar-refractivity contribution >= 4 is 16.9 Å². The average molecular weight is 300 g/mol. The van der Waals surface area contributed by atoms with Crippen LogP contribution in [0.4, 0.5) is 13.2 Å². The molecule has 0 spiro atoms. The third kappa shape index (κ3) is 3.02. The first kappa shape index (κ1) is 15.4. The Labute approximate surface area is 119 Å². The third-order valence-electron chi connectivity index (χ3n) is 3.23. The average Bonchev–Trinajstić information content (AvgIpc) is 2.82. The van der Waals surface area contributed by atoms with Gasteiger partial charge in [0.05, 0.1) is 6.61 Å². The van der Waals surface area contributed by atoms with Crippen LogP contribution in [0, 0.1) is 0 Å². The van der Waals surface area contributed by atoms with Gasteiger partial charge in [-0.25, -0.2) is 0 Å². The van der Waals surface area contributed by atoms with Crippen LogP contribution >= 0.6 is 0 Å². The molecule has 0 radical (unpaired) electrons. The van der Waals surface area contributed by atoms with Crippen molar-refractivity contribution in [2.75, 3.05) is 6.61 Å². The van der Waals surface area contributed by atoms with Gasteiger partial charge < -0.3 is 15.5 Å². The van der Waals surface area contributed by atoms with Crippen molar-refractivity contribution < 1.29 is 22.7 Å². The first-order valence-electron chi connectivity index (χ1n) is 6.41. The molecule has 7 heteroatoms.